The van der Waals surface area contributed by atoms with Crippen molar-refractivity contribution in [2.24, 2.45) is 7.05 Å². The highest BCUT2D eigenvalue weighted by molar-refractivity contribution is 7.84. The maximum Gasteiger partial charge on any atom is 0.145 e. The van der Waals surface area contributed by atoms with Crippen LogP contribution in [0.4, 0.5) is 0 Å². The molecule has 0 radical (unpaired) electrons. The topological polar surface area (TPSA) is 47.8 Å². The zero-order chi connectivity index (χ0) is 13.0. The van der Waals surface area contributed by atoms with Crippen molar-refractivity contribution in [1.29, 1.82) is 0 Å². The van der Waals surface area contributed by atoms with Crippen molar-refractivity contribution in [1.82, 2.24) is 14.8 Å². The van der Waals surface area contributed by atoms with E-state index in [2.05, 4.69) is 17.1 Å². The monoisotopic (exact) mass is 263 g/mol. The lowest BCUT2D eigenvalue weighted by molar-refractivity contribution is 0.664. The van der Waals surface area contributed by atoms with E-state index in [-0.39, 0.29) is 5.25 Å². The summed E-state index contributed by atoms with van der Waals surface area (Å²) in [7, 11) is 0.899. The van der Waals surface area contributed by atoms with Gasteiger partial charge in [0, 0.05) is 17.8 Å². The van der Waals surface area contributed by atoms with Crippen molar-refractivity contribution in [3.05, 3.63) is 48.0 Å². The molecule has 0 saturated carbocycles. The van der Waals surface area contributed by atoms with Crippen LogP contribution in [0.2, 0.25) is 0 Å². The van der Waals surface area contributed by atoms with Gasteiger partial charge < -0.3 is 4.57 Å². The fourth-order valence-corrected chi connectivity index (χ4v) is 3.46. The van der Waals surface area contributed by atoms with Gasteiger partial charge in [0.1, 0.15) is 12.2 Å². The SMILES string of the molecule is CCC(c1ccccc1)S(=O)Cc1nncn1C. The summed E-state index contributed by atoms with van der Waals surface area (Å²) in [5.74, 6) is 1.21. The van der Waals surface area contributed by atoms with Crippen molar-refractivity contribution >= 4 is 10.8 Å². The quantitative estimate of drug-likeness (QED) is 0.831. The highest BCUT2D eigenvalue weighted by Gasteiger charge is 2.18. The summed E-state index contributed by atoms with van der Waals surface area (Å²) in [6, 6.07) is 10.0. The van der Waals surface area contributed by atoms with Gasteiger partial charge in [0.25, 0.3) is 0 Å². The van der Waals surface area contributed by atoms with Gasteiger partial charge in [0.15, 0.2) is 0 Å². The normalized spacial score (nSPS) is 14.3. The molecule has 2 rings (SSSR count). The van der Waals surface area contributed by atoms with E-state index in [0.29, 0.717) is 5.75 Å². The second-order valence-electron chi connectivity index (χ2n) is 4.19. The van der Waals surface area contributed by atoms with E-state index in [4.69, 9.17) is 0 Å². The van der Waals surface area contributed by atoms with Crippen molar-refractivity contribution in [3.63, 3.8) is 0 Å². The molecule has 5 heteroatoms. The summed E-state index contributed by atoms with van der Waals surface area (Å²) in [6.45, 7) is 2.06. The van der Waals surface area contributed by atoms with Crippen molar-refractivity contribution in [2.75, 3.05) is 0 Å². The smallest absolute Gasteiger partial charge is 0.145 e. The number of aromatic nitrogens is 3. The van der Waals surface area contributed by atoms with Gasteiger partial charge in [-0.15, -0.1) is 10.2 Å². The van der Waals surface area contributed by atoms with Gasteiger partial charge in [-0.1, -0.05) is 37.3 Å². The fourth-order valence-electron chi connectivity index (χ4n) is 1.91. The van der Waals surface area contributed by atoms with Gasteiger partial charge >= 0.3 is 0 Å². The van der Waals surface area contributed by atoms with Crippen LogP contribution in [-0.4, -0.2) is 19.0 Å². The number of rotatable bonds is 5. The van der Waals surface area contributed by atoms with Gasteiger partial charge in [-0.05, 0) is 12.0 Å². The average molecular weight is 263 g/mol. The third kappa shape index (κ3) is 2.85. The Bertz CT molecular complexity index is 524. The number of hydrogen-bond donors (Lipinski definition) is 0. The second-order valence-corrected chi connectivity index (χ2v) is 5.81. The minimum absolute atomic E-state index is 0.0582. The first-order valence-corrected chi connectivity index (χ1v) is 7.35. The van der Waals surface area contributed by atoms with E-state index in [0.717, 1.165) is 17.8 Å². The van der Waals surface area contributed by atoms with Crippen LogP contribution in [0.3, 0.4) is 0 Å². The molecule has 0 amide bonds. The molecule has 0 fully saturated rings. The molecule has 0 spiro atoms. The Morgan fingerprint density at radius 3 is 2.61 bits per heavy atom. The number of nitrogens with zero attached hydrogens (tertiary/aromatic N) is 3. The molecule has 0 bridgehead atoms. The van der Waals surface area contributed by atoms with E-state index >= 15 is 0 Å². The van der Waals surface area contributed by atoms with Gasteiger partial charge in [0.05, 0.1) is 11.0 Å². The average Bonchev–Trinajstić information content (AvgIpc) is 2.77. The first kappa shape index (κ1) is 13.0. The zero-order valence-corrected chi connectivity index (χ0v) is 11.4. The summed E-state index contributed by atoms with van der Waals surface area (Å²) in [5.41, 5.74) is 1.13. The Labute approximate surface area is 110 Å². The first-order chi connectivity index (χ1) is 8.72. The lowest BCUT2D eigenvalue weighted by atomic mass is 10.1. The number of benzene rings is 1. The van der Waals surface area contributed by atoms with Crippen LogP contribution in [0.15, 0.2) is 36.7 Å². The molecule has 0 aliphatic carbocycles. The Kier molecular flexibility index (Phi) is 4.25. The van der Waals surface area contributed by atoms with Crippen molar-refractivity contribution in [2.45, 2.75) is 24.3 Å². The third-order valence-electron chi connectivity index (χ3n) is 2.94. The third-order valence-corrected chi connectivity index (χ3v) is 4.72. The molecular formula is C13H17N3OS. The molecule has 1 heterocycles. The molecule has 0 aliphatic rings. The van der Waals surface area contributed by atoms with Crippen LogP contribution in [0.5, 0.6) is 0 Å². The maximum atomic E-state index is 12.4. The number of aryl methyl sites for hydroxylation is 1. The van der Waals surface area contributed by atoms with Gasteiger partial charge in [0.2, 0.25) is 0 Å². The molecule has 0 N–H and O–H groups in total. The molecule has 2 unspecified atom stereocenters. The highest BCUT2D eigenvalue weighted by atomic mass is 32.2. The van der Waals surface area contributed by atoms with Crippen LogP contribution in [0.25, 0.3) is 0 Å². The van der Waals surface area contributed by atoms with Gasteiger partial charge in [-0.3, -0.25) is 4.21 Å². The standard InChI is InChI=1S/C13H17N3OS/c1-3-12(11-7-5-4-6-8-11)18(17)9-13-15-14-10-16(13)2/h4-8,10,12H,3,9H2,1-2H3. The van der Waals surface area contributed by atoms with Gasteiger partial charge in [-0.25, -0.2) is 0 Å². The van der Waals surface area contributed by atoms with Crippen LogP contribution in [-0.2, 0) is 23.6 Å². The van der Waals surface area contributed by atoms with Gasteiger partial charge in [-0.2, -0.15) is 0 Å². The molecule has 4 nitrogen and oxygen atoms in total. The van der Waals surface area contributed by atoms with E-state index in [1.807, 2.05) is 41.9 Å². The minimum Gasteiger partial charge on any atom is -0.320 e. The van der Waals surface area contributed by atoms with Crippen molar-refractivity contribution in [3.8, 4) is 0 Å². The van der Waals surface area contributed by atoms with Crippen LogP contribution < -0.4 is 0 Å². The summed E-state index contributed by atoms with van der Waals surface area (Å²) >= 11 is 0. The molecule has 0 aliphatic heterocycles. The van der Waals surface area contributed by atoms with Crippen LogP contribution in [0.1, 0.15) is 30.0 Å². The van der Waals surface area contributed by atoms with E-state index in [1.165, 1.54) is 0 Å². The summed E-state index contributed by atoms with van der Waals surface area (Å²) in [4.78, 5) is 0. The predicted octanol–water partition coefficient (Wildman–Crippen LogP) is 2.22. The Morgan fingerprint density at radius 1 is 1.33 bits per heavy atom. The predicted molar refractivity (Wildman–Crippen MR) is 72.3 cm³/mol. The van der Waals surface area contributed by atoms with Crippen LogP contribution in [0, 0.1) is 0 Å². The Morgan fingerprint density at radius 2 is 2.06 bits per heavy atom. The van der Waals surface area contributed by atoms with E-state index < -0.39 is 10.8 Å². The van der Waals surface area contributed by atoms with Crippen molar-refractivity contribution < 1.29 is 4.21 Å². The second kappa shape index (κ2) is 5.91. The van der Waals surface area contributed by atoms with Crippen LogP contribution >= 0.6 is 0 Å². The number of hydrogen-bond acceptors (Lipinski definition) is 3. The minimum atomic E-state index is -0.972. The summed E-state index contributed by atoms with van der Waals surface area (Å²) in [5, 5.41) is 7.86. The lowest BCUT2D eigenvalue weighted by Gasteiger charge is -2.14. The molecule has 96 valence electrons. The van der Waals surface area contributed by atoms with E-state index in [1.54, 1.807) is 6.33 Å². The molecule has 2 atom stereocenters. The lowest BCUT2D eigenvalue weighted by Crippen LogP contribution is -2.10. The zero-order valence-electron chi connectivity index (χ0n) is 10.6. The molecule has 2 aromatic rings. The molecule has 1 aromatic carbocycles. The summed E-state index contributed by atoms with van der Waals surface area (Å²) in [6.07, 6.45) is 2.49. The molecule has 0 saturated heterocycles. The maximum absolute atomic E-state index is 12.4. The summed E-state index contributed by atoms with van der Waals surface area (Å²) < 4.78 is 14.2. The molecule has 18 heavy (non-hydrogen) atoms. The molecular weight excluding hydrogens is 246 g/mol. The Balaban J connectivity index is 2.14. The van der Waals surface area contributed by atoms with E-state index in [9.17, 15) is 4.21 Å². The highest BCUT2D eigenvalue weighted by Crippen LogP contribution is 2.24. The largest absolute Gasteiger partial charge is 0.320 e. The molecule has 1 aromatic heterocycles. The fraction of sp³-hybridized carbons (Fsp3) is 0.385. The Hall–Kier alpha value is -1.49. The first-order valence-electron chi connectivity index (χ1n) is 5.97.